The maximum absolute atomic E-state index is 11.8. The molecule has 0 saturated carbocycles. The molecule has 0 bridgehead atoms. The summed E-state index contributed by atoms with van der Waals surface area (Å²) in [5, 5.41) is 11.2. The van der Waals surface area contributed by atoms with Crippen molar-refractivity contribution >= 4 is 33.0 Å². The van der Waals surface area contributed by atoms with Gasteiger partial charge in [-0.1, -0.05) is 6.92 Å². The molecule has 0 aliphatic heterocycles. The third-order valence-corrected chi connectivity index (χ3v) is 5.46. The van der Waals surface area contributed by atoms with Crippen molar-refractivity contribution in [1.82, 2.24) is 10.2 Å². The average Bonchev–Trinajstić information content (AvgIpc) is 2.59. The molecule has 0 amide bonds. The first-order valence-corrected chi connectivity index (χ1v) is 10.5. The normalized spacial score (nSPS) is 11.2. The Morgan fingerprint density at radius 1 is 1.00 bits per heavy atom. The Balaban J connectivity index is 2.09. The van der Waals surface area contributed by atoms with E-state index in [0.29, 0.717) is 12.2 Å². The molecule has 0 radical (unpaired) electrons. The number of benzene rings is 1. The predicted octanol–water partition coefficient (Wildman–Crippen LogP) is 3.53. The number of hydrogen-bond acceptors (Lipinski definition) is 6. The lowest BCUT2D eigenvalue weighted by Crippen LogP contribution is -2.21. The first-order chi connectivity index (χ1) is 12.4. The van der Waals surface area contributed by atoms with E-state index in [4.69, 9.17) is 0 Å². The Bertz CT molecular complexity index is 818. The summed E-state index contributed by atoms with van der Waals surface area (Å²) in [4.78, 5) is 2.29. The van der Waals surface area contributed by atoms with Crippen molar-refractivity contribution in [3.63, 3.8) is 0 Å². The van der Waals surface area contributed by atoms with Gasteiger partial charge in [0.1, 0.15) is 0 Å². The van der Waals surface area contributed by atoms with Crippen molar-refractivity contribution in [1.29, 1.82) is 0 Å². The van der Waals surface area contributed by atoms with Gasteiger partial charge in [0.2, 0.25) is 10.0 Å². The van der Waals surface area contributed by atoms with Crippen molar-refractivity contribution in [2.24, 2.45) is 0 Å². The molecule has 8 heteroatoms. The van der Waals surface area contributed by atoms with Crippen LogP contribution in [0, 0.1) is 6.92 Å². The number of sulfonamides is 1. The highest BCUT2D eigenvalue weighted by Gasteiger charge is 2.10. The SMILES string of the molecule is CCCS(=O)(=O)Nc1ccc(Nc2ccc(N(CC)CC)cc2C)nn1. The maximum atomic E-state index is 11.8. The zero-order chi connectivity index (χ0) is 19.2. The van der Waals surface area contributed by atoms with Gasteiger partial charge in [-0.3, -0.25) is 4.72 Å². The van der Waals surface area contributed by atoms with E-state index in [0.717, 1.165) is 24.3 Å². The fourth-order valence-electron chi connectivity index (χ4n) is 2.64. The van der Waals surface area contributed by atoms with Crippen LogP contribution in [0.25, 0.3) is 0 Å². The van der Waals surface area contributed by atoms with E-state index in [2.05, 4.69) is 51.1 Å². The van der Waals surface area contributed by atoms with Crippen LogP contribution in [0.2, 0.25) is 0 Å². The average molecular weight is 378 g/mol. The molecular formula is C18H27N5O2S. The third-order valence-electron chi connectivity index (χ3n) is 4.00. The molecule has 2 rings (SSSR count). The Morgan fingerprint density at radius 2 is 1.65 bits per heavy atom. The predicted molar refractivity (Wildman–Crippen MR) is 108 cm³/mol. The van der Waals surface area contributed by atoms with Crippen molar-refractivity contribution in [2.45, 2.75) is 34.1 Å². The summed E-state index contributed by atoms with van der Waals surface area (Å²) >= 11 is 0. The summed E-state index contributed by atoms with van der Waals surface area (Å²) in [5.74, 6) is 0.840. The van der Waals surface area contributed by atoms with Crippen LogP contribution in [0.15, 0.2) is 30.3 Å². The van der Waals surface area contributed by atoms with Crippen molar-refractivity contribution in [3.8, 4) is 0 Å². The van der Waals surface area contributed by atoms with Gasteiger partial charge in [0.25, 0.3) is 0 Å². The molecule has 0 saturated heterocycles. The largest absolute Gasteiger partial charge is 0.372 e. The Hall–Kier alpha value is -2.35. The molecule has 1 aromatic carbocycles. The van der Waals surface area contributed by atoms with Gasteiger partial charge < -0.3 is 10.2 Å². The number of anilines is 4. The summed E-state index contributed by atoms with van der Waals surface area (Å²) < 4.78 is 25.9. The lowest BCUT2D eigenvalue weighted by molar-refractivity contribution is 0.599. The van der Waals surface area contributed by atoms with Crippen LogP contribution in [0.4, 0.5) is 23.0 Å². The van der Waals surface area contributed by atoms with Gasteiger partial charge in [-0.2, -0.15) is 0 Å². The zero-order valence-electron chi connectivity index (χ0n) is 15.8. The third kappa shape index (κ3) is 5.32. The summed E-state index contributed by atoms with van der Waals surface area (Å²) in [6.07, 6.45) is 0.547. The van der Waals surface area contributed by atoms with Gasteiger partial charge in [0, 0.05) is 24.5 Å². The highest BCUT2D eigenvalue weighted by Crippen LogP contribution is 2.25. The standard InChI is InChI=1S/C18H27N5O2S/c1-5-12-26(24,25)22-18-11-10-17(20-21-18)19-16-9-8-15(13-14(16)4)23(6-2)7-3/h8-11,13H,5-7,12H2,1-4H3,(H,19,20)(H,21,22). The van der Waals surface area contributed by atoms with Crippen molar-refractivity contribution in [2.75, 3.05) is 33.8 Å². The second-order valence-electron chi connectivity index (χ2n) is 6.02. The number of hydrogen-bond donors (Lipinski definition) is 2. The molecule has 2 aromatic rings. The monoisotopic (exact) mass is 377 g/mol. The fourth-order valence-corrected chi connectivity index (χ4v) is 3.71. The number of rotatable bonds is 9. The van der Waals surface area contributed by atoms with Crippen LogP contribution in [0.1, 0.15) is 32.8 Å². The fraction of sp³-hybridized carbons (Fsp3) is 0.444. The molecule has 0 aliphatic rings. The summed E-state index contributed by atoms with van der Waals surface area (Å²) in [6.45, 7) is 10.0. The molecule has 0 spiro atoms. The first kappa shape index (κ1) is 20.0. The van der Waals surface area contributed by atoms with E-state index in [9.17, 15) is 8.42 Å². The second-order valence-corrected chi connectivity index (χ2v) is 7.86. The van der Waals surface area contributed by atoms with E-state index in [-0.39, 0.29) is 11.6 Å². The van der Waals surface area contributed by atoms with E-state index in [1.165, 1.54) is 5.69 Å². The molecule has 26 heavy (non-hydrogen) atoms. The number of nitrogens with zero attached hydrogens (tertiary/aromatic N) is 3. The molecule has 7 nitrogen and oxygen atoms in total. The van der Waals surface area contributed by atoms with Crippen LogP contribution in [0.3, 0.4) is 0 Å². The van der Waals surface area contributed by atoms with Gasteiger partial charge in [-0.25, -0.2) is 8.42 Å². The minimum Gasteiger partial charge on any atom is -0.372 e. The molecule has 142 valence electrons. The lowest BCUT2D eigenvalue weighted by Gasteiger charge is -2.22. The van der Waals surface area contributed by atoms with Crippen LogP contribution in [-0.2, 0) is 10.0 Å². The molecular weight excluding hydrogens is 350 g/mol. The molecule has 2 N–H and O–H groups in total. The van der Waals surface area contributed by atoms with Gasteiger partial charge in [-0.05, 0) is 63.1 Å². The summed E-state index contributed by atoms with van der Waals surface area (Å²) in [6, 6.07) is 9.53. The molecule has 0 unspecified atom stereocenters. The first-order valence-electron chi connectivity index (χ1n) is 8.85. The van der Waals surface area contributed by atoms with Crippen LogP contribution in [-0.4, -0.2) is 37.5 Å². The van der Waals surface area contributed by atoms with E-state index >= 15 is 0 Å². The maximum Gasteiger partial charge on any atom is 0.233 e. The Kier molecular flexibility index (Phi) is 6.79. The second kappa shape index (κ2) is 8.84. The smallest absolute Gasteiger partial charge is 0.233 e. The van der Waals surface area contributed by atoms with Crippen molar-refractivity contribution in [3.05, 3.63) is 35.9 Å². The Labute approximate surface area is 155 Å². The van der Waals surface area contributed by atoms with Crippen LogP contribution >= 0.6 is 0 Å². The molecule has 0 atom stereocenters. The van der Waals surface area contributed by atoms with Crippen LogP contribution in [0.5, 0.6) is 0 Å². The van der Waals surface area contributed by atoms with E-state index < -0.39 is 10.0 Å². The molecule has 0 fully saturated rings. The number of nitrogens with one attached hydrogen (secondary N) is 2. The highest BCUT2D eigenvalue weighted by molar-refractivity contribution is 7.92. The Morgan fingerprint density at radius 3 is 2.19 bits per heavy atom. The van der Waals surface area contributed by atoms with Gasteiger partial charge in [-0.15, -0.1) is 10.2 Å². The zero-order valence-corrected chi connectivity index (χ0v) is 16.6. The number of aromatic nitrogens is 2. The highest BCUT2D eigenvalue weighted by atomic mass is 32.2. The van der Waals surface area contributed by atoms with E-state index in [1.54, 1.807) is 12.1 Å². The quantitative estimate of drug-likeness (QED) is 0.695. The van der Waals surface area contributed by atoms with Crippen LogP contribution < -0.4 is 14.9 Å². The molecule has 1 heterocycles. The minimum atomic E-state index is -3.36. The van der Waals surface area contributed by atoms with Gasteiger partial charge in [0.05, 0.1) is 5.75 Å². The van der Waals surface area contributed by atoms with E-state index in [1.807, 2.05) is 19.9 Å². The van der Waals surface area contributed by atoms with Gasteiger partial charge >= 0.3 is 0 Å². The number of aryl methyl sites for hydroxylation is 1. The topological polar surface area (TPSA) is 87.2 Å². The lowest BCUT2D eigenvalue weighted by atomic mass is 10.1. The molecule has 1 aromatic heterocycles. The summed E-state index contributed by atoms with van der Waals surface area (Å²) in [5.41, 5.74) is 3.23. The minimum absolute atomic E-state index is 0.0623. The van der Waals surface area contributed by atoms with Gasteiger partial charge in [0.15, 0.2) is 11.6 Å². The van der Waals surface area contributed by atoms with Crippen molar-refractivity contribution < 1.29 is 8.42 Å². The molecule has 0 aliphatic carbocycles. The summed E-state index contributed by atoms with van der Waals surface area (Å²) in [7, 11) is -3.36.